The predicted molar refractivity (Wildman–Crippen MR) is 157 cm³/mol. The van der Waals surface area contributed by atoms with Crippen LogP contribution in [0.4, 0.5) is 5.00 Å². The van der Waals surface area contributed by atoms with E-state index in [2.05, 4.69) is 22.1 Å². The second-order valence-electron chi connectivity index (χ2n) is 8.63. The number of hydrogen-bond acceptors (Lipinski definition) is 8. The Morgan fingerprint density at radius 2 is 1.92 bits per heavy atom. The summed E-state index contributed by atoms with van der Waals surface area (Å²) in [4.78, 5) is 25.8. The molecule has 4 rings (SSSR count). The third-order valence-corrected chi connectivity index (χ3v) is 7.77. The van der Waals surface area contributed by atoms with Gasteiger partial charge in [-0.2, -0.15) is 0 Å². The first-order valence-corrected chi connectivity index (χ1v) is 14.2. The number of carbonyl (C=O) groups excluding carboxylic acids is 2. The molecule has 0 fully saturated rings. The molecule has 0 unspecified atom stereocenters. The van der Waals surface area contributed by atoms with Gasteiger partial charge in [0, 0.05) is 17.5 Å². The van der Waals surface area contributed by atoms with Gasteiger partial charge < -0.3 is 14.8 Å². The zero-order valence-corrected chi connectivity index (χ0v) is 23.9. The SMILES string of the molecule is C=CCn1c(SCC(=O)Nc2scc(-c3cc(C)ccc3C)c2C(=O)OC)nnc1-c1ccccc1OCC. The Kier molecular flexibility index (Phi) is 9.21. The average molecular weight is 563 g/mol. The first-order chi connectivity index (χ1) is 18.9. The molecule has 0 spiro atoms. The van der Waals surface area contributed by atoms with Crippen molar-refractivity contribution in [2.24, 2.45) is 0 Å². The Bertz CT molecular complexity index is 1510. The second kappa shape index (κ2) is 12.8. The number of thiophene rings is 1. The number of methoxy groups -OCH3 is 1. The number of rotatable bonds is 11. The molecule has 8 nitrogen and oxygen atoms in total. The second-order valence-corrected chi connectivity index (χ2v) is 10.5. The minimum atomic E-state index is -0.501. The van der Waals surface area contributed by atoms with Crippen molar-refractivity contribution in [3.63, 3.8) is 0 Å². The fourth-order valence-electron chi connectivity index (χ4n) is 4.09. The van der Waals surface area contributed by atoms with E-state index in [0.29, 0.717) is 40.4 Å². The highest BCUT2D eigenvalue weighted by Crippen LogP contribution is 2.38. The molecule has 0 saturated heterocycles. The summed E-state index contributed by atoms with van der Waals surface area (Å²) < 4.78 is 12.7. The van der Waals surface area contributed by atoms with E-state index in [0.717, 1.165) is 27.8 Å². The van der Waals surface area contributed by atoms with Crippen molar-refractivity contribution in [3.05, 3.63) is 77.2 Å². The minimum Gasteiger partial charge on any atom is -0.493 e. The highest BCUT2D eigenvalue weighted by molar-refractivity contribution is 7.99. The normalized spacial score (nSPS) is 10.8. The number of ether oxygens (including phenoxy) is 2. The molecule has 1 amide bonds. The molecule has 1 N–H and O–H groups in total. The van der Waals surface area contributed by atoms with E-state index >= 15 is 0 Å². The van der Waals surface area contributed by atoms with Gasteiger partial charge in [0.2, 0.25) is 5.91 Å². The van der Waals surface area contributed by atoms with Crippen LogP contribution in [0.3, 0.4) is 0 Å². The third kappa shape index (κ3) is 6.23. The first-order valence-electron chi connectivity index (χ1n) is 12.3. The lowest BCUT2D eigenvalue weighted by atomic mass is 9.97. The first kappa shape index (κ1) is 28.1. The number of thioether (sulfide) groups is 1. The number of nitrogens with zero attached hydrogens (tertiary/aromatic N) is 3. The summed E-state index contributed by atoms with van der Waals surface area (Å²) in [6.45, 7) is 10.8. The number of aryl methyl sites for hydroxylation is 2. The van der Waals surface area contributed by atoms with E-state index in [4.69, 9.17) is 9.47 Å². The number of aromatic nitrogens is 3. The van der Waals surface area contributed by atoms with Crippen molar-refractivity contribution in [2.45, 2.75) is 32.5 Å². The molecule has 4 aromatic rings. The Hall–Kier alpha value is -3.89. The van der Waals surface area contributed by atoms with Crippen LogP contribution >= 0.6 is 23.1 Å². The van der Waals surface area contributed by atoms with E-state index in [9.17, 15) is 9.59 Å². The summed E-state index contributed by atoms with van der Waals surface area (Å²) in [6.07, 6.45) is 1.75. The van der Waals surface area contributed by atoms with Crippen molar-refractivity contribution in [2.75, 3.05) is 24.8 Å². The molecule has 0 bridgehead atoms. The molecule has 0 saturated carbocycles. The smallest absolute Gasteiger partial charge is 0.341 e. The molecule has 0 aliphatic heterocycles. The molecule has 39 heavy (non-hydrogen) atoms. The van der Waals surface area contributed by atoms with Gasteiger partial charge in [-0.25, -0.2) is 4.79 Å². The van der Waals surface area contributed by atoms with Gasteiger partial charge in [-0.05, 0) is 44.0 Å². The monoisotopic (exact) mass is 562 g/mol. The van der Waals surface area contributed by atoms with Crippen LogP contribution in [0.1, 0.15) is 28.4 Å². The Morgan fingerprint density at radius 1 is 1.13 bits per heavy atom. The maximum absolute atomic E-state index is 13.0. The van der Waals surface area contributed by atoms with E-state index in [1.54, 1.807) is 6.08 Å². The summed E-state index contributed by atoms with van der Waals surface area (Å²) >= 11 is 2.55. The number of hydrogen-bond donors (Lipinski definition) is 1. The number of anilines is 1. The number of carbonyl (C=O) groups is 2. The molecule has 2 aromatic heterocycles. The number of para-hydroxylation sites is 1. The number of esters is 1. The number of amides is 1. The molecule has 0 atom stereocenters. The lowest BCUT2D eigenvalue weighted by molar-refractivity contribution is -0.113. The van der Waals surface area contributed by atoms with Crippen LogP contribution in [0.15, 0.2) is 65.7 Å². The van der Waals surface area contributed by atoms with Gasteiger partial charge in [-0.3, -0.25) is 9.36 Å². The zero-order valence-electron chi connectivity index (χ0n) is 22.3. The summed E-state index contributed by atoms with van der Waals surface area (Å²) in [5.74, 6) is 0.632. The van der Waals surface area contributed by atoms with Crippen LogP contribution in [0.25, 0.3) is 22.5 Å². The fourth-order valence-corrected chi connectivity index (χ4v) is 5.81. The average Bonchev–Trinajstić information content (AvgIpc) is 3.53. The van der Waals surface area contributed by atoms with Crippen LogP contribution in [0, 0.1) is 13.8 Å². The van der Waals surface area contributed by atoms with Crippen LogP contribution in [0.5, 0.6) is 5.75 Å². The van der Waals surface area contributed by atoms with Gasteiger partial charge in [0.15, 0.2) is 11.0 Å². The quantitative estimate of drug-likeness (QED) is 0.129. The molecule has 0 radical (unpaired) electrons. The summed E-state index contributed by atoms with van der Waals surface area (Å²) in [7, 11) is 1.34. The van der Waals surface area contributed by atoms with Crippen LogP contribution in [0.2, 0.25) is 0 Å². The zero-order chi connectivity index (χ0) is 27.9. The van der Waals surface area contributed by atoms with Crippen molar-refractivity contribution >= 4 is 40.0 Å². The van der Waals surface area contributed by atoms with E-state index in [1.165, 1.54) is 30.2 Å². The van der Waals surface area contributed by atoms with Crippen molar-refractivity contribution in [3.8, 4) is 28.3 Å². The topological polar surface area (TPSA) is 95.3 Å². The van der Waals surface area contributed by atoms with Crippen LogP contribution in [-0.4, -0.2) is 46.1 Å². The molecular weight excluding hydrogens is 532 g/mol. The summed E-state index contributed by atoms with van der Waals surface area (Å²) in [5.41, 5.74) is 4.93. The maximum Gasteiger partial charge on any atom is 0.341 e. The number of benzene rings is 2. The van der Waals surface area contributed by atoms with Gasteiger partial charge >= 0.3 is 5.97 Å². The number of nitrogens with one attached hydrogen (secondary N) is 1. The van der Waals surface area contributed by atoms with Crippen molar-refractivity contribution < 1.29 is 19.1 Å². The van der Waals surface area contributed by atoms with E-state index in [-0.39, 0.29) is 11.7 Å². The van der Waals surface area contributed by atoms with Crippen molar-refractivity contribution in [1.29, 1.82) is 0 Å². The molecule has 202 valence electrons. The fraction of sp³-hybridized carbons (Fsp3) is 0.241. The van der Waals surface area contributed by atoms with Gasteiger partial charge in [-0.15, -0.1) is 28.1 Å². The van der Waals surface area contributed by atoms with Crippen molar-refractivity contribution in [1.82, 2.24) is 14.8 Å². The third-order valence-electron chi connectivity index (χ3n) is 5.91. The summed E-state index contributed by atoms with van der Waals surface area (Å²) in [5, 5.41) is 14.5. The van der Waals surface area contributed by atoms with Gasteiger partial charge in [0.25, 0.3) is 0 Å². The molecule has 2 heterocycles. The van der Waals surface area contributed by atoms with E-state index < -0.39 is 5.97 Å². The Labute approximate surface area is 236 Å². The molecule has 10 heteroatoms. The Balaban J connectivity index is 1.56. The summed E-state index contributed by atoms with van der Waals surface area (Å²) in [6, 6.07) is 13.7. The highest BCUT2D eigenvalue weighted by atomic mass is 32.2. The lowest BCUT2D eigenvalue weighted by Crippen LogP contribution is -2.16. The van der Waals surface area contributed by atoms with Gasteiger partial charge in [0.05, 0.1) is 25.0 Å². The van der Waals surface area contributed by atoms with Gasteiger partial charge in [-0.1, -0.05) is 53.7 Å². The van der Waals surface area contributed by atoms with E-state index in [1.807, 2.05) is 73.2 Å². The van der Waals surface area contributed by atoms with Crippen LogP contribution < -0.4 is 10.1 Å². The number of allylic oxidation sites excluding steroid dienone is 1. The van der Waals surface area contributed by atoms with Crippen LogP contribution in [-0.2, 0) is 16.1 Å². The maximum atomic E-state index is 13.0. The standard InChI is InChI=1S/C29H30N4O4S2/c1-6-14-33-26(20-10-8-9-11-23(20)37-7-2)31-32-29(33)39-17-24(34)30-27-25(28(35)36-5)22(16-38-27)21-15-18(3)12-13-19(21)4/h6,8-13,15-16H,1,7,14,17H2,2-5H3,(H,30,34). The molecule has 0 aliphatic carbocycles. The minimum absolute atomic E-state index is 0.0691. The lowest BCUT2D eigenvalue weighted by Gasteiger charge is -2.12. The Morgan fingerprint density at radius 3 is 2.67 bits per heavy atom. The largest absolute Gasteiger partial charge is 0.493 e. The molecule has 0 aliphatic rings. The highest BCUT2D eigenvalue weighted by Gasteiger charge is 2.24. The van der Waals surface area contributed by atoms with Gasteiger partial charge in [0.1, 0.15) is 16.3 Å². The molecule has 2 aromatic carbocycles. The predicted octanol–water partition coefficient (Wildman–Crippen LogP) is 6.39. The molecular formula is C29H30N4O4S2.